The molecule has 0 spiro atoms. The maximum atomic E-state index is 13.2. The van der Waals surface area contributed by atoms with Crippen molar-refractivity contribution in [3.05, 3.63) is 41.8 Å². The number of rotatable bonds is 8. The Hall–Kier alpha value is -2.21. The minimum Gasteiger partial charge on any atom is -0.480 e. The molecule has 0 amide bonds. The zero-order chi connectivity index (χ0) is 16.8. The number of carboxylic acids is 1. The topological polar surface area (TPSA) is 69.2 Å². The molecule has 1 heterocycles. The van der Waals surface area contributed by atoms with Crippen LogP contribution in [0.15, 0.2) is 30.3 Å². The van der Waals surface area contributed by atoms with Gasteiger partial charge in [-0.1, -0.05) is 19.1 Å². The molecule has 0 fully saturated rings. The summed E-state index contributed by atoms with van der Waals surface area (Å²) in [5, 5.41) is 16.3. The Morgan fingerprint density at radius 3 is 2.87 bits per heavy atom. The predicted octanol–water partition coefficient (Wildman–Crippen LogP) is 2.94. The van der Waals surface area contributed by atoms with Gasteiger partial charge in [0.2, 0.25) is 0 Å². The third-order valence-electron chi connectivity index (χ3n) is 3.91. The zero-order valence-corrected chi connectivity index (χ0v) is 13.4. The summed E-state index contributed by atoms with van der Waals surface area (Å²) >= 11 is 0. The number of aryl methyl sites for hydroxylation is 1. The Kier molecular flexibility index (Phi) is 5.87. The van der Waals surface area contributed by atoms with E-state index in [1.54, 1.807) is 6.07 Å². The van der Waals surface area contributed by atoms with Gasteiger partial charge in [-0.15, -0.1) is 0 Å². The highest BCUT2D eigenvalue weighted by Crippen LogP contribution is 2.19. The standard InChI is InChI=1S/C17H22FN3O2/c1-3-16(17(22)23)21(2)9-5-8-14-11-15(20-19-14)12-6-4-7-13(18)10-12/h4,6-7,10-11,16H,3,5,8-9H2,1-2H3,(H,19,20)(H,22,23). The summed E-state index contributed by atoms with van der Waals surface area (Å²) in [5.74, 6) is -1.07. The number of halogens is 1. The molecule has 0 aliphatic heterocycles. The van der Waals surface area contributed by atoms with Crippen LogP contribution in [-0.4, -0.2) is 45.8 Å². The fraction of sp³-hybridized carbons (Fsp3) is 0.412. The molecule has 1 atom stereocenters. The molecule has 2 N–H and O–H groups in total. The molecule has 0 radical (unpaired) electrons. The van der Waals surface area contributed by atoms with E-state index in [1.807, 2.05) is 31.0 Å². The van der Waals surface area contributed by atoms with Gasteiger partial charge in [0.05, 0.1) is 5.69 Å². The first-order chi connectivity index (χ1) is 11.0. The Bertz CT molecular complexity index is 657. The number of nitrogens with one attached hydrogen (secondary N) is 1. The third-order valence-corrected chi connectivity index (χ3v) is 3.91. The van der Waals surface area contributed by atoms with Crippen LogP contribution in [-0.2, 0) is 11.2 Å². The minimum atomic E-state index is -0.787. The summed E-state index contributed by atoms with van der Waals surface area (Å²) < 4.78 is 13.2. The quantitative estimate of drug-likeness (QED) is 0.785. The highest BCUT2D eigenvalue weighted by Gasteiger charge is 2.19. The second-order valence-corrected chi connectivity index (χ2v) is 5.64. The summed E-state index contributed by atoms with van der Waals surface area (Å²) in [6.07, 6.45) is 2.17. The van der Waals surface area contributed by atoms with E-state index >= 15 is 0 Å². The van der Waals surface area contributed by atoms with Crippen molar-refractivity contribution >= 4 is 5.97 Å². The van der Waals surface area contributed by atoms with Gasteiger partial charge in [-0.2, -0.15) is 5.10 Å². The summed E-state index contributed by atoms with van der Waals surface area (Å²) in [5.41, 5.74) is 2.41. The smallest absolute Gasteiger partial charge is 0.320 e. The number of hydrogen-bond donors (Lipinski definition) is 2. The fourth-order valence-electron chi connectivity index (χ4n) is 2.63. The van der Waals surface area contributed by atoms with Crippen LogP contribution in [0.4, 0.5) is 4.39 Å². The van der Waals surface area contributed by atoms with Crippen molar-refractivity contribution in [2.45, 2.75) is 32.2 Å². The van der Waals surface area contributed by atoms with Gasteiger partial charge in [-0.05, 0) is 51.1 Å². The third kappa shape index (κ3) is 4.63. The molecule has 0 bridgehead atoms. The fourth-order valence-corrected chi connectivity index (χ4v) is 2.63. The molecule has 0 aliphatic rings. The van der Waals surface area contributed by atoms with Gasteiger partial charge >= 0.3 is 5.97 Å². The van der Waals surface area contributed by atoms with E-state index in [9.17, 15) is 9.18 Å². The monoisotopic (exact) mass is 319 g/mol. The number of H-pyrrole nitrogens is 1. The van der Waals surface area contributed by atoms with Crippen LogP contribution < -0.4 is 0 Å². The van der Waals surface area contributed by atoms with Crippen LogP contribution in [0.2, 0.25) is 0 Å². The van der Waals surface area contributed by atoms with Crippen LogP contribution >= 0.6 is 0 Å². The van der Waals surface area contributed by atoms with Crippen LogP contribution in [0, 0.1) is 5.82 Å². The number of aromatic amines is 1. The van der Waals surface area contributed by atoms with E-state index in [-0.39, 0.29) is 5.82 Å². The number of aliphatic carboxylic acids is 1. The van der Waals surface area contributed by atoms with Crippen molar-refractivity contribution in [3.8, 4) is 11.3 Å². The van der Waals surface area contributed by atoms with Crippen molar-refractivity contribution < 1.29 is 14.3 Å². The molecule has 6 heteroatoms. The van der Waals surface area contributed by atoms with E-state index < -0.39 is 12.0 Å². The summed E-state index contributed by atoms with van der Waals surface area (Å²) in [6, 6.07) is 7.79. The lowest BCUT2D eigenvalue weighted by Gasteiger charge is -2.23. The molecule has 1 aromatic carbocycles. The molecule has 2 aromatic rings. The van der Waals surface area contributed by atoms with Crippen molar-refractivity contribution in [3.63, 3.8) is 0 Å². The number of hydrogen-bond acceptors (Lipinski definition) is 3. The van der Waals surface area contributed by atoms with Gasteiger partial charge in [0.15, 0.2) is 0 Å². The second kappa shape index (κ2) is 7.87. The average Bonchev–Trinajstić information content (AvgIpc) is 2.96. The van der Waals surface area contributed by atoms with Crippen LogP contribution in [0.3, 0.4) is 0 Å². The van der Waals surface area contributed by atoms with Crippen molar-refractivity contribution in [2.24, 2.45) is 0 Å². The van der Waals surface area contributed by atoms with Gasteiger partial charge in [0.1, 0.15) is 11.9 Å². The summed E-state index contributed by atoms with van der Waals surface area (Å²) in [7, 11) is 1.83. The zero-order valence-electron chi connectivity index (χ0n) is 13.4. The van der Waals surface area contributed by atoms with E-state index in [0.29, 0.717) is 18.7 Å². The molecule has 5 nitrogen and oxygen atoms in total. The number of nitrogens with zero attached hydrogens (tertiary/aromatic N) is 2. The number of carbonyl (C=O) groups is 1. The molecular formula is C17H22FN3O2. The van der Waals surface area contributed by atoms with E-state index in [1.165, 1.54) is 12.1 Å². The number of carboxylic acid groups (broad SMARTS) is 1. The van der Waals surface area contributed by atoms with E-state index in [0.717, 1.165) is 24.1 Å². The van der Waals surface area contributed by atoms with Gasteiger partial charge in [-0.3, -0.25) is 14.8 Å². The molecule has 0 aliphatic carbocycles. The van der Waals surface area contributed by atoms with Gasteiger partial charge in [0, 0.05) is 11.3 Å². The first-order valence-electron chi connectivity index (χ1n) is 7.74. The lowest BCUT2D eigenvalue weighted by atomic mass is 10.1. The lowest BCUT2D eigenvalue weighted by molar-refractivity contribution is -0.142. The Balaban J connectivity index is 1.89. The van der Waals surface area contributed by atoms with Crippen LogP contribution in [0.1, 0.15) is 25.5 Å². The molecule has 1 unspecified atom stereocenters. The largest absolute Gasteiger partial charge is 0.480 e. The van der Waals surface area contributed by atoms with Crippen LogP contribution in [0.25, 0.3) is 11.3 Å². The molecule has 0 saturated carbocycles. The minimum absolute atomic E-state index is 0.284. The maximum absolute atomic E-state index is 13.2. The Morgan fingerprint density at radius 2 is 2.22 bits per heavy atom. The first-order valence-corrected chi connectivity index (χ1v) is 7.74. The highest BCUT2D eigenvalue weighted by atomic mass is 19.1. The van der Waals surface area contributed by atoms with E-state index in [4.69, 9.17) is 5.11 Å². The van der Waals surface area contributed by atoms with E-state index in [2.05, 4.69) is 10.2 Å². The van der Waals surface area contributed by atoms with Crippen LogP contribution in [0.5, 0.6) is 0 Å². The molecule has 23 heavy (non-hydrogen) atoms. The first kappa shape index (κ1) is 17.1. The van der Waals surface area contributed by atoms with Gasteiger partial charge < -0.3 is 5.11 Å². The maximum Gasteiger partial charge on any atom is 0.320 e. The average molecular weight is 319 g/mol. The Morgan fingerprint density at radius 1 is 1.43 bits per heavy atom. The normalized spacial score (nSPS) is 12.5. The number of aromatic nitrogens is 2. The Labute approximate surface area is 135 Å². The van der Waals surface area contributed by atoms with Gasteiger partial charge in [-0.25, -0.2) is 4.39 Å². The van der Waals surface area contributed by atoms with Crippen molar-refractivity contribution in [1.29, 1.82) is 0 Å². The molecular weight excluding hydrogens is 297 g/mol. The molecule has 1 aromatic heterocycles. The summed E-state index contributed by atoms with van der Waals surface area (Å²) in [4.78, 5) is 13.0. The molecule has 2 rings (SSSR count). The lowest BCUT2D eigenvalue weighted by Crippen LogP contribution is -2.38. The molecule has 0 saturated heterocycles. The SMILES string of the molecule is CCC(C(=O)O)N(C)CCCc1cc(-c2cccc(F)c2)n[nH]1. The summed E-state index contributed by atoms with van der Waals surface area (Å²) in [6.45, 7) is 2.56. The number of likely N-dealkylation sites (N-methyl/N-ethyl adjacent to an activating group) is 1. The van der Waals surface area contributed by atoms with Crippen molar-refractivity contribution in [1.82, 2.24) is 15.1 Å². The number of benzene rings is 1. The van der Waals surface area contributed by atoms with Crippen molar-refractivity contribution in [2.75, 3.05) is 13.6 Å². The predicted molar refractivity (Wildman–Crippen MR) is 86.6 cm³/mol. The second-order valence-electron chi connectivity index (χ2n) is 5.64. The molecule has 124 valence electrons. The highest BCUT2D eigenvalue weighted by molar-refractivity contribution is 5.73. The van der Waals surface area contributed by atoms with Gasteiger partial charge in [0.25, 0.3) is 0 Å².